The van der Waals surface area contributed by atoms with Gasteiger partial charge in [-0.25, -0.2) is 4.79 Å². The summed E-state index contributed by atoms with van der Waals surface area (Å²) in [6.45, 7) is 0. The second-order valence-corrected chi connectivity index (χ2v) is 4.62. The van der Waals surface area contributed by atoms with E-state index in [0.717, 1.165) is 0 Å². The highest BCUT2D eigenvalue weighted by atomic mass is 35.5. The summed E-state index contributed by atoms with van der Waals surface area (Å²) >= 11 is 5.84. The Bertz CT molecular complexity index is 683. The van der Waals surface area contributed by atoms with Crippen molar-refractivity contribution in [1.29, 1.82) is 0 Å². The van der Waals surface area contributed by atoms with Crippen LogP contribution in [0.1, 0.15) is 20.7 Å². The van der Waals surface area contributed by atoms with Crippen LogP contribution in [0.4, 0.5) is 5.69 Å². The number of rotatable bonds is 4. The van der Waals surface area contributed by atoms with Gasteiger partial charge in [0, 0.05) is 10.7 Å². The summed E-state index contributed by atoms with van der Waals surface area (Å²) < 4.78 is 5.11. The van der Waals surface area contributed by atoms with Crippen LogP contribution in [0.2, 0.25) is 5.02 Å². The molecule has 0 bridgehead atoms. The maximum Gasteiger partial charge on any atom is 0.335 e. The lowest BCUT2D eigenvalue weighted by Crippen LogP contribution is -2.13. The van der Waals surface area contributed by atoms with Crippen molar-refractivity contribution in [3.8, 4) is 5.75 Å². The smallest absolute Gasteiger partial charge is 0.335 e. The molecule has 0 fully saturated rings. The van der Waals surface area contributed by atoms with E-state index in [1.807, 2.05) is 0 Å². The highest BCUT2D eigenvalue weighted by molar-refractivity contribution is 6.31. The van der Waals surface area contributed by atoms with Crippen molar-refractivity contribution in [3.05, 3.63) is 58.6 Å². The van der Waals surface area contributed by atoms with E-state index in [1.54, 1.807) is 18.2 Å². The molecule has 5 nitrogen and oxygen atoms in total. The Morgan fingerprint density at radius 2 is 1.81 bits per heavy atom. The minimum Gasteiger partial charge on any atom is -0.496 e. The first-order chi connectivity index (χ1) is 10.0. The van der Waals surface area contributed by atoms with E-state index in [4.69, 9.17) is 21.4 Å². The fourth-order valence-electron chi connectivity index (χ4n) is 1.75. The van der Waals surface area contributed by atoms with E-state index in [1.165, 1.54) is 31.4 Å². The molecule has 108 valence electrons. The number of halogens is 1. The molecule has 0 saturated heterocycles. The number of methoxy groups -OCH3 is 1. The molecule has 0 saturated carbocycles. The zero-order valence-corrected chi connectivity index (χ0v) is 11.8. The van der Waals surface area contributed by atoms with Gasteiger partial charge in [0.25, 0.3) is 5.91 Å². The first-order valence-corrected chi connectivity index (χ1v) is 6.37. The van der Waals surface area contributed by atoms with Crippen LogP contribution in [0.15, 0.2) is 42.5 Å². The monoisotopic (exact) mass is 305 g/mol. The summed E-state index contributed by atoms with van der Waals surface area (Å²) in [6.07, 6.45) is 0. The molecule has 0 aliphatic carbocycles. The molecule has 0 radical (unpaired) electrons. The summed E-state index contributed by atoms with van der Waals surface area (Å²) in [5.74, 6) is -1.03. The number of benzene rings is 2. The highest BCUT2D eigenvalue weighted by Gasteiger charge is 2.13. The maximum absolute atomic E-state index is 12.2. The molecular formula is C15H12ClNO4. The van der Waals surface area contributed by atoms with E-state index in [-0.39, 0.29) is 11.5 Å². The van der Waals surface area contributed by atoms with E-state index in [9.17, 15) is 9.59 Å². The summed E-state index contributed by atoms with van der Waals surface area (Å²) in [4.78, 5) is 22.9. The number of carbonyl (C=O) groups is 2. The number of carboxylic acid groups (broad SMARTS) is 1. The van der Waals surface area contributed by atoms with Crippen molar-refractivity contribution in [2.45, 2.75) is 0 Å². The van der Waals surface area contributed by atoms with E-state index in [2.05, 4.69) is 5.32 Å². The molecule has 6 heteroatoms. The van der Waals surface area contributed by atoms with Crippen molar-refractivity contribution >= 4 is 29.2 Å². The van der Waals surface area contributed by atoms with Gasteiger partial charge >= 0.3 is 5.97 Å². The predicted octanol–water partition coefficient (Wildman–Crippen LogP) is 3.30. The molecule has 21 heavy (non-hydrogen) atoms. The SMILES string of the molecule is COc1cc(Cl)ccc1C(=O)Nc1ccc(C(=O)O)cc1. The van der Waals surface area contributed by atoms with Gasteiger partial charge in [0.15, 0.2) is 0 Å². The number of amides is 1. The quantitative estimate of drug-likeness (QED) is 0.908. The Morgan fingerprint density at radius 3 is 2.38 bits per heavy atom. The minimum absolute atomic E-state index is 0.150. The van der Waals surface area contributed by atoms with Crippen molar-refractivity contribution in [2.24, 2.45) is 0 Å². The van der Waals surface area contributed by atoms with Gasteiger partial charge in [0.1, 0.15) is 5.75 Å². The van der Waals surface area contributed by atoms with Gasteiger partial charge < -0.3 is 15.2 Å². The maximum atomic E-state index is 12.2. The molecule has 0 unspecified atom stereocenters. The number of anilines is 1. The Morgan fingerprint density at radius 1 is 1.14 bits per heavy atom. The van der Waals surface area contributed by atoms with Crippen molar-refractivity contribution < 1.29 is 19.4 Å². The molecule has 2 aromatic rings. The van der Waals surface area contributed by atoms with Crippen LogP contribution in [-0.4, -0.2) is 24.1 Å². The third-order valence-corrected chi connectivity index (χ3v) is 3.03. The summed E-state index contributed by atoms with van der Waals surface area (Å²) in [5.41, 5.74) is 0.975. The first-order valence-electron chi connectivity index (χ1n) is 5.99. The molecule has 0 spiro atoms. The largest absolute Gasteiger partial charge is 0.496 e. The molecule has 0 aromatic heterocycles. The predicted molar refractivity (Wildman–Crippen MR) is 79.4 cm³/mol. The van der Waals surface area contributed by atoms with E-state index >= 15 is 0 Å². The fourth-order valence-corrected chi connectivity index (χ4v) is 1.91. The van der Waals surface area contributed by atoms with Crippen molar-refractivity contribution in [1.82, 2.24) is 0 Å². The number of hydrogen-bond donors (Lipinski definition) is 2. The minimum atomic E-state index is -1.02. The van der Waals surface area contributed by atoms with Crippen molar-refractivity contribution in [2.75, 3.05) is 12.4 Å². The Balaban J connectivity index is 2.19. The Hall–Kier alpha value is -2.53. The van der Waals surface area contributed by atoms with Crippen molar-refractivity contribution in [3.63, 3.8) is 0 Å². The van der Waals surface area contributed by atoms with Gasteiger partial charge in [0.05, 0.1) is 18.2 Å². The zero-order valence-electron chi connectivity index (χ0n) is 11.1. The van der Waals surface area contributed by atoms with Gasteiger partial charge in [-0.05, 0) is 42.5 Å². The Kier molecular flexibility index (Phi) is 4.45. The molecular weight excluding hydrogens is 294 g/mol. The van der Waals surface area contributed by atoms with Crippen LogP contribution in [0.3, 0.4) is 0 Å². The third-order valence-electron chi connectivity index (χ3n) is 2.80. The molecule has 2 rings (SSSR count). The van der Waals surface area contributed by atoms with Gasteiger partial charge in [-0.1, -0.05) is 11.6 Å². The third kappa shape index (κ3) is 3.52. The van der Waals surface area contributed by atoms with Gasteiger partial charge in [0.2, 0.25) is 0 Å². The number of carbonyl (C=O) groups excluding carboxylic acids is 1. The van der Waals surface area contributed by atoms with Crippen LogP contribution in [0.25, 0.3) is 0 Å². The zero-order chi connectivity index (χ0) is 15.4. The first kappa shape index (κ1) is 14.9. The standard InChI is InChI=1S/C15H12ClNO4/c1-21-13-8-10(16)4-7-12(13)14(18)17-11-5-2-9(3-6-11)15(19)20/h2-8H,1H3,(H,17,18)(H,19,20). The van der Waals surface area contributed by atoms with Crippen LogP contribution < -0.4 is 10.1 Å². The Labute approximate surface area is 126 Å². The van der Waals surface area contributed by atoms with Crippen LogP contribution in [-0.2, 0) is 0 Å². The second-order valence-electron chi connectivity index (χ2n) is 4.18. The van der Waals surface area contributed by atoms with E-state index in [0.29, 0.717) is 22.0 Å². The fraction of sp³-hybridized carbons (Fsp3) is 0.0667. The normalized spacial score (nSPS) is 10.0. The van der Waals surface area contributed by atoms with Gasteiger partial charge in [-0.3, -0.25) is 4.79 Å². The molecule has 1 amide bonds. The van der Waals surface area contributed by atoms with Gasteiger partial charge in [-0.15, -0.1) is 0 Å². The molecule has 0 aliphatic heterocycles. The van der Waals surface area contributed by atoms with Crippen LogP contribution in [0, 0.1) is 0 Å². The number of ether oxygens (including phenoxy) is 1. The highest BCUT2D eigenvalue weighted by Crippen LogP contribution is 2.24. The summed E-state index contributed by atoms with van der Waals surface area (Å²) in [5, 5.41) is 11.9. The lowest BCUT2D eigenvalue weighted by molar-refractivity contribution is 0.0696. The molecule has 2 aromatic carbocycles. The summed E-state index contributed by atoms with van der Waals surface area (Å²) in [7, 11) is 1.45. The average Bonchev–Trinajstić information content (AvgIpc) is 2.47. The molecule has 2 N–H and O–H groups in total. The second kappa shape index (κ2) is 6.28. The lowest BCUT2D eigenvalue weighted by atomic mass is 10.1. The van der Waals surface area contributed by atoms with Crippen LogP contribution >= 0.6 is 11.6 Å². The molecule has 0 heterocycles. The summed E-state index contributed by atoms with van der Waals surface area (Å²) in [6, 6.07) is 10.6. The molecule has 0 atom stereocenters. The van der Waals surface area contributed by atoms with E-state index < -0.39 is 5.97 Å². The number of hydrogen-bond acceptors (Lipinski definition) is 3. The topological polar surface area (TPSA) is 75.6 Å². The molecule has 0 aliphatic rings. The van der Waals surface area contributed by atoms with Gasteiger partial charge in [-0.2, -0.15) is 0 Å². The number of nitrogens with one attached hydrogen (secondary N) is 1. The average molecular weight is 306 g/mol. The van der Waals surface area contributed by atoms with Crippen LogP contribution in [0.5, 0.6) is 5.75 Å². The lowest BCUT2D eigenvalue weighted by Gasteiger charge is -2.09. The number of carboxylic acids is 1. The number of aromatic carboxylic acids is 1.